The van der Waals surface area contributed by atoms with Crippen LogP contribution in [0.25, 0.3) is 0 Å². The molecule has 0 bridgehead atoms. The van der Waals surface area contributed by atoms with E-state index in [-0.39, 0.29) is 22.4 Å². The van der Waals surface area contributed by atoms with Gasteiger partial charge in [-0.3, -0.25) is 9.59 Å². The predicted octanol–water partition coefficient (Wildman–Crippen LogP) is 4.59. The lowest BCUT2D eigenvalue weighted by Gasteiger charge is -2.59. The second kappa shape index (κ2) is 4.98. The molecule has 0 aromatic carbocycles. The highest BCUT2D eigenvalue weighted by Gasteiger charge is 2.66. The Morgan fingerprint density at radius 2 is 1.72 bits per heavy atom. The van der Waals surface area contributed by atoms with Gasteiger partial charge in [0, 0.05) is 18.3 Å². The number of hydrogen-bond donors (Lipinski definition) is 0. The summed E-state index contributed by atoms with van der Waals surface area (Å²) in [5, 5.41) is 0. The van der Waals surface area contributed by atoms with Crippen LogP contribution < -0.4 is 0 Å². The summed E-state index contributed by atoms with van der Waals surface area (Å²) in [6.45, 7) is 4.86. The third kappa shape index (κ3) is 1.93. The number of carbonyl (C=O) groups excluding carboxylic acids is 2. The molecule has 1 aliphatic heterocycles. The van der Waals surface area contributed by atoms with Gasteiger partial charge in [0.05, 0.1) is 0 Å². The molecule has 136 valence electrons. The molecule has 6 atom stereocenters. The van der Waals surface area contributed by atoms with Crippen molar-refractivity contribution in [3.8, 4) is 0 Å². The van der Waals surface area contributed by atoms with Gasteiger partial charge in [-0.05, 0) is 80.6 Å². The average molecular weight is 342 g/mol. The summed E-state index contributed by atoms with van der Waals surface area (Å²) in [7, 11) is 0. The van der Waals surface area contributed by atoms with Crippen molar-refractivity contribution in [1.29, 1.82) is 0 Å². The van der Waals surface area contributed by atoms with Gasteiger partial charge in [-0.15, -0.1) is 0 Å². The Morgan fingerprint density at radius 1 is 0.920 bits per heavy atom. The van der Waals surface area contributed by atoms with Gasteiger partial charge in [0.2, 0.25) is 0 Å². The quantitative estimate of drug-likeness (QED) is 0.605. The highest BCUT2D eigenvalue weighted by Crippen LogP contribution is 2.69. The molecular formula is C22H30O3. The summed E-state index contributed by atoms with van der Waals surface area (Å²) in [6, 6.07) is 0. The second-order valence-corrected chi connectivity index (χ2v) is 9.93. The van der Waals surface area contributed by atoms with Crippen LogP contribution in [0.15, 0.2) is 11.6 Å². The Balaban J connectivity index is 1.49. The Morgan fingerprint density at radius 3 is 2.48 bits per heavy atom. The predicted molar refractivity (Wildman–Crippen MR) is 94.8 cm³/mol. The van der Waals surface area contributed by atoms with Gasteiger partial charge < -0.3 is 4.74 Å². The molecule has 0 radical (unpaired) electrons. The van der Waals surface area contributed by atoms with Gasteiger partial charge in [-0.1, -0.05) is 19.4 Å². The normalized spacial score (nSPS) is 51.6. The largest absolute Gasteiger partial charge is 0.458 e. The van der Waals surface area contributed by atoms with E-state index >= 15 is 0 Å². The van der Waals surface area contributed by atoms with E-state index in [0.717, 1.165) is 38.0 Å². The Labute approximate surface area is 150 Å². The van der Waals surface area contributed by atoms with Crippen molar-refractivity contribution in [3.05, 3.63) is 11.6 Å². The van der Waals surface area contributed by atoms with Crippen LogP contribution in [0.5, 0.6) is 0 Å². The Bertz CT molecular complexity index is 679. The van der Waals surface area contributed by atoms with E-state index in [0.29, 0.717) is 24.0 Å². The smallest absolute Gasteiger partial charge is 0.306 e. The van der Waals surface area contributed by atoms with Crippen LogP contribution in [0.2, 0.25) is 0 Å². The monoisotopic (exact) mass is 342 g/mol. The van der Waals surface area contributed by atoms with E-state index in [9.17, 15) is 9.59 Å². The van der Waals surface area contributed by atoms with Crippen LogP contribution in [0.1, 0.15) is 78.1 Å². The first-order valence-electron chi connectivity index (χ1n) is 10.3. The number of carbonyl (C=O) groups is 2. The van der Waals surface area contributed by atoms with Gasteiger partial charge in [-0.2, -0.15) is 0 Å². The van der Waals surface area contributed by atoms with E-state index in [1.54, 1.807) is 0 Å². The van der Waals surface area contributed by atoms with Crippen LogP contribution >= 0.6 is 0 Å². The average Bonchev–Trinajstić information content (AvgIpc) is 3.10. The minimum atomic E-state index is -0.167. The number of hydrogen-bond acceptors (Lipinski definition) is 3. The fourth-order valence-electron chi connectivity index (χ4n) is 7.85. The summed E-state index contributed by atoms with van der Waals surface area (Å²) in [6.07, 6.45) is 12.3. The van der Waals surface area contributed by atoms with Crippen LogP contribution in [0.4, 0.5) is 0 Å². The molecule has 1 spiro atoms. The molecule has 5 rings (SSSR count). The molecule has 4 fully saturated rings. The summed E-state index contributed by atoms with van der Waals surface area (Å²) in [5.74, 6) is 2.51. The van der Waals surface area contributed by atoms with Crippen molar-refractivity contribution >= 4 is 11.8 Å². The molecule has 3 unspecified atom stereocenters. The number of ketones is 1. The van der Waals surface area contributed by atoms with Gasteiger partial charge in [-0.25, -0.2) is 0 Å². The van der Waals surface area contributed by atoms with Crippen molar-refractivity contribution in [3.63, 3.8) is 0 Å². The van der Waals surface area contributed by atoms with E-state index < -0.39 is 0 Å². The van der Waals surface area contributed by atoms with Gasteiger partial charge >= 0.3 is 5.97 Å². The highest BCUT2D eigenvalue weighted by atomic mass is 16.6. The van der Waals surface area contributed by atoms with Crippen LogP contribution in [0, 0.1) is 28.6 Å². The zero-order chi connectivity index (χ0) is 17.4. The summed E-state index contributed by atoms with van der Waals surface area (Å²) < 4.78 is 6.01. The Hall–Kier alpha value is -1.12. The fourth-order valence-corrected chi connectivity index (χ4v) is 7.85. The molecule has 3 saturated carbocycles. The van der Waals surface area contributed by atoms with Crippen molar-refractivity contribution in [2.24, 2.45) is 28.6 Å². The molecule has 4 aliphatic carbocycles. The zero-order valence-electron chi connectivity index (χ0n) is 15.6. The molecule has 25 heavy (non-hydrogen) atoms. The summed E-state index contributed by atoms with van der Waals surface area (Å²) in [5.41, 5.74) is 1.68. The van der Waals surface area contributed by atoms with Crippen LogP contribution in [0.3, 0.4) is 0 Å². The third-order valence-corrected chi connectivity index (χ3v) is 9.29. The third-order valence-electron chi connectivity index (χ3n) is 9.29. The number of esters is 1. The lowest BCUT2D eigenvalue weighted by Crippen LogP contribution is -2.54. The Kier molecular flexibility index (Phi) is 3.21. The van der Waals surface area contributed by atoms with E-state index in [4.69, 9.17) is 4.74 Å². The minimum Gasteiger partial charge on any atom is -0.458 e. The lowest BCUT2D eigenvalue weighted by atomic mass is 9.46. The molecule has 0 aromatic rings. The second-order valence-electron chi connectivity index (χ2n) is 9.93. The van der Waals surface area contributed by atoms with Crippen LogP contribution in [-0.4, -0.2) is 17.4 Å². The van der Waals surface area contributed by atoms with Crippen molar-refractivity contribution < 1.29 is 14.3 Å². The fraction of sp³-hybridized carbons (Fsp3) is 0.818. The lowest BCUT2D eigenvalue weighted by molar-refractivity contribution is -0.168. The maximum absolute atomic E-state index is 11.9. The molecule has 3 nitrogen and oxygen atoms in total. The molecule has 1 saturated heterocycles. The number of allylic oxidation sites excluding steroid dienone is 1. The van der Waals surface area contributed by atoms with Crippen LogP contribution in [-0.2, 0) is 14.3 Å². The number of rotatable bonds is 0. The maximum Gasteiger partial charge on any atom is 0.306 e. The minimum absolute atomic E-state index is 0.0237. The number of ether oxygens (including phenoxy) is 1. The van der Waals surface area contributed by atoms with Gasteiger partial charge in [0.25, 0.3) is 0 Å². The first kappa shape index (κ1) is 16.1. The van der Waals surface area contributed by atoms with E-state index in [1.807, 2.05) is 6.08 Å². The highest BCUT2D eigenvalue weighted by molar-refractivity contribution is 5.91. The number of fused-ring (bicyclic) bond motifs is 6. The molecule has 0 aromatic heterocycles. The first-order chi connectivity index (χ1) is 11.9. The SMILES string of the molecule is C[C@]12CCC(=O)C=C1CC[C@@H]1C2CC[C@@]2(C)C1CCC21CCC(=O)O1. The molecule has 0 amide bonds. The molecule has 0 N–H and O–H groups in total. The van der Waals surface area contributed by atoms with Crippen molar-refractivity contribution in [2.45, 2.75) is 83.7 Å². The maximum atomic E-state index is 11.9. The summed E-state index contributed by atoms with van der Waals surface area (Å²) >= 11 is 0. The van der Waals surface area contributed by atoms with Crippen molar-refractivity contribution in [2.75, 3.05) is 0 Å². The molecule has 3 heteroatoms. The van der Waals surface area contributed by atoms with E-state index in [1.165, 1.54) is 31.3 Å². The van der Waals surface area contributed by atoms with Gasteiger partial charge in [0.15, 0.2) is 5.78 Å². The van der Waals surface area contributed by atoms with Gasteiger partial charge in [0.1, 0.15) is 5.60 Å². The first-order valence-corrected chi connectivity index (χ1v) is 10.3. The molecule has 5 aliphatic rings. The topological polar surface area (TPSA) is 43.4 Å². The summed E-state index contributed by atoms with van der Waals surface area (Å²) in [4.78, 5) is 23.8. The standard InChI is InChI=1S/C22H30O3/c1-20-9-5-15(23)13-14(20)3-4-16-17(20)6-10-21(2)18(16)7-11-22(21)12-8-19(24)25-22/h13,16-18H,3-12H2,1-2H3/t16-,17?,18?,20+,21+,22?/m1/s1. The van der Waals surface area contributed by atoms with E-state index in [2.05, 4.69) is 13.8 Å². The van der Waals surface area contributed by atoms with Crippen molar-refractivity contribution in [1.82, 2.24) is 0 Å². The zero-order valence-corrected chi connectivity index (χ0v) is 15.6. The molecule has 1 heterocycles. The molecular weight excluding hydrogens is 312 g/mol.